The molecule has 0 aliphatic heterocycles. The Morgan fingerprint density at radius 3 is 2.64 bits per heavy atom. The lowest BCUT2D eigenvalue weighted by Gasteiger charge is -2.04. The molecule has 0 radical (unpaired) electrons. The van der Waals surface area contributed by atoms with Gasteiger partial charge in [0.15, 0.2) is 0 Å². The van der Waals surface area contributed by atoms with E-state index < -0.39 is 0 Å². The van der Waals surface area contributed by atoms with Crippen LogP contribution in [0.15, 0.2) is 36.7 Å². The van der Waals surface area contributed by atoms with E-state index in [1.807, 2.05) is 25.1 Å². The van der Waals surface area contributed by atoms with Crippen molar-refractivity contribution in [2.75, 3.05) is 0 Å². The molecule has 3 nitrogen and oxygen atoms in total. The van der Waals surface area contributed by atoms with E-state index in [0.29, 0.717) is 11.4 Å². The summed E-state index contributed by atoms with van der Waals surface area (Å²) in [6.07, 6.45) is 3.35. The molecule has 0 spiro atoms. The van der Waals surface area contributed by atoms with Gasteiger partial charge >= 0.3 is 0 Å². The van der Waals surface area contributed by atoms with Crippen LogP contribution in [0.1, 0.15) is 5.56 Å². The molecule has 0 unspecified atom stereocenters. The first-order chi connectivity index (χ1) is 6.79. The van der Waals surface area contributed by atoms with E-state index in [0.717, 1.165) is 5.56 Å². The first-order valence-corrected chi connectivity index (χ1v) is 4.35. The normalized spacial score (nSPS) is 10.1. The number of pyridine rings is 2. The minimum Gasteiger partial charge on any atom is -0.505 e. The molecule has 1 N–H and O–H groups in total. The molecule has 0 atom stereocenters. The van der Waals surface area contributed by atoms with Gasteiger partial charge in [-0.1, -0.05) is 6.07 Å². The van der Waals surface area contributed by atoms with Crippen molar-refractivity contribution in [2.45, 2.75) is 6.92 Å². The zero-order chi connectivity index (χ0) is 9.97. The molecule has 0 amide bonds. The molecule has 14 heavy (non-hydrogen) atoms. The molecule has 3 heteroatoms. The fraction of sp³-hybridized carbons (Fsp3) is 0.0909. The van der Waals surface area contributed by atoms with Gasteiger partial charge in [0, 0.05) is 12.4 Å². The highest BCUT2D eigenvalue weighted by molar-refractivity contribution is 5.63. The number of hydrogen-bond acceptors (Lipinski definition) is 3. The zero-order valence-electron chi connectivity index (χ0n) is 7.81. The summed E-state index contributed by atoms with van der Waals surface area (Å²) >= 11 is 0. The van der Waals surface area contributed by atoms with E-state index in [1.165, 1.54) is 0 Å². The van der Waals surface area contributed by atoms with Crippen molar-refractivity contribution in [1.82, 2.24) is 9.97 Å². The lowest BCUT2D eigenvalue weighted by molar-refractivity contribution is 0.470. The molecule has 70 valence electrons. The van der Waals surface area contributed by atoms with Crippen LogP contribution < -0.4 is 0 Å². The second-order valence-corrected chi connectivity index (χ2v) is 3.04. The van der Waals surface area contributed by atoms with E-state index >= 15 is 0 Å². The molecule has 0 saturated carbocycles. The maximum absolute atomic E-state index is 9.75. The molecule has 0 fully saturated rings. The molecule has 0 aliphatic rings. The lowest BCUT2D eigenvalue weighted by atomic mass is 10.1. The summed E-state index contributed by atoms with van der Waals surface area (Å²) < 4.78 is 0. The summed E-state index contributed by atoms with van der Waals surface area (Å²) in [5.41, 5.74) is 2.03. The van der Waals surface area contributed by atoms with Gasteiger partial charge in [0.2, 0.25) is 0 Å². The molecule has 2 aromatic heterocycles. The summed E-state index contributed by atoms with van der Waals surface area (Å²) in [5.74, 6) is 0.200. The van der Waals surface area contributed by atoms with Crippen LogP contribution in [0, 0.1) is 6.92 Å². The highest BCUT2D eigenvalue weighted by atomic mass is 16.3. The predicted octanol–water partition coefficient (Wildman–Crippen LogP) is 2.16. The van der Waals surface area contributed by atoms with Crippen LogP contribution in [0.25, 0.3) is 11.4 Å². The number of hydrogen-bond donors (Lipinski definition) is 1. The van der Waals surface area contributed by atoms with E-state index in [9.17, 15) is 5.11 Å². The minimum atomic E-state index is 0.200. The first kappa shape index (κ1) is 8.69. The van der Waals surface area contributed by atoms with Crippen molar-refractivity contribution >= 4 is 0 Å². The molecule has 2 aromatic rings. The van der Waals surface area contributed by atoms with E-state index in [4.69, 9.17) is 0 Å². The number of nitrogens with zero attached hydrogens (tertiary/aromatic N) is 2. The van der Waals surface area contributed by atoms with Crippen molar-refractivity contribution in [3.8, 4) is 17.1 Å². The van der Waals surface area contributed by atoms with Crippen LogP contribution in [-0.2, 0) is 0 Å². The molecule has 2 rings (SSSR count). The molecular weight excluding hydrogens is 176 g/mol. The van der Waals surface area contributed by atoms with Crippen molar-refractivity contribution in [2.24, 2.45) is 0 Å². The predicted molar refractivity (Wildman–Crippen MR) is 53.9 cm³/mol. The fourth-order valence-electron chi connectivity index (χ4n) is 1.24. The van der Waals surface area contributed by atoms with Crippen molar-refractivity contribution < 1.29 is 5.11 Å². The van der Waals surface area contributed by atoms with Gasteiger partial charge in [-0.15, -0.1) is 0 Å². The first-order valence-electron chi connectivity index (χ1n) is 4.35. The topological polar surface area (TPSA) is 46.0 Å². The lowest BCUT2D eigenvalue weighted by Crippen LogP contribution is -1.88. The van der Waals surface area contributed by atoms with E-state index in [1.54, 1.807) is 18.5 Å². The Kier molecular flexibility index (Phi) is 2.14. The molecule has 0 aliphatic carbocycles. The van der Waals surface area contributed by atoms with Crippen LogP contribution in [0.4, 0.5) is 0 Å². The number of rotatable bonds is 1. The Labute approximate surface area is 82.1 Å². The maximum Gasteiger partial charge on any atom is 0.146 e. The van der Waals surface area contributed by atoms with Gasteiger partial charge in [-0.2, -0.15) is 0 Å². The summed E-state index contributed by atoms with van der Waals surface area (Å²) in [5, 5.41) is 9.75. The highest BCUT2D eigenvalue weighted by Gasteiger charge is 2.07. The van der Waals surface area contributed by atoms with Crippen LogP contribution in [-0.4, -0.2) is 15.1 Å². The third kappa shape index (κ3) is 1.44. The van der Waals surface area contributed by atoms with E-state index in [-0.39, 0.29) is 5.75 Å². The molecule has 2 heterocycles. The summed E-state index contributed by atoms with van der Waals surface area (Å²) in [7, 11) is 0. The van der Waals surface area contributed by atoms with Crippen molar-refractivity contribution in [3.05, 3.63) is 42.2 Å². The SMILES string of the molecule is Cc1ccnc(-c2ccccn2)c1O. The number of aromatic hydroxyl groups is 1. The Balaban J connectivity index is 2.58. The van der Waals surface area contributed by atoms with Crippen LogP contribution in [0.2, 0.25) is 0 Å². The Bertz CT molecular complexity index is 440. The number of aryl methyl sites for hydroxylation is 1. The minimum absolute atomic E-state index is 0.200. The van der Waals surface area contributed by atoms with Crippen molar-refractivity contribution in [1.29, 1.82) is 0 Å². The summed E-state index contributed by atoms with van der Waals surface area (Å²) in [4.78, 5) is 8.23. The third-order valence-electron chi connectivity index (χ3n) is 2.03. The Morgan fingerprint density at radius 2 is 1.93 bits per heavy atom. The van der Waals surface area contributed by atoms with Gasteiger partial charge in [-0.05, 0) is 30.7 Å². The van der Waals surface area contributed by atoms with Gasteiger partial charge < -0.3 is 5.11 Å². The quantitative estimate of drug-likeness (QED) is 0.742. The standard InChI is InChI=1S/C11H10N2O/c1-8-5-7-13-10(11(8)14)9-4-2-3-6-12-9/h2-7,14H,1H3. The van der Waals surface area contributed by atoms with Crippen LogP contribution >= 0.6 is 0 Å². The van der Waals surface area contributed by atoms with Crippen molar-refractivity contribution in [3.63, 3.8) is 0 Å². The fourth-order valence-corrected chi connectivity index (χ4v) is 1.24. The smallest absolute Gasteiger partial charge is 0.146 e. The maximum atomic E-state index is 9.75. The molecule has 0 aromatic carbocycles. The van der Waals surface area contributed by atoms with Gasteiger partial charge in [0.05, 0.1) is 5.69 Å². The van der Waals surface area contributed by atoms with Gasteiger partial charge in [0.25, 0.3) is 0 Å². The Morgan fingerprint density at radius 1 is 1.07 bits per heavy atom. The summed E-state index contributed by atoms with van der Waals surface area (Å²) in [6, 6.07) is 7.28. The van der Waals surface area contributed by atoms with E-state index in [2.05, 4.69) is 9.97 Å². The van der Waals surface area contributed by atoms with Crippen LogP contribution in [0.5, 0.6) is 5.75 Å². The van der Waals surface area contributed by atoms with Gasteiger partial charge in [-0.25, -0.2) is 0 Å². The monoisotopic (exact) mass is 186 g/mol. The second kappa shape index (κ2) is 3.46. The molecule has 0 saturated heterocycles. The second-order valence-electron chi connectivity index (χ2n) is 3.04. The Hall–Kier alpha value is -1.90. The highest BCUT2D eigenvalue weighted by Crippen LogP contribution is 2.27. The average Bonchev–Trinajstić information content (AvgIpc) is 2.23. The number of aromatic nitrogens is 2. The van der Waals surface area contributed by atoms with Crippen LogP contribution in [0.3, 0.4) is 0 Å². The largest absolute Gasteiger partial charge is 0.505 e. The molecule has 0 bridgehead atoms. The molecular formula is C11H10N2O. The van der Waals surface area contributed by atoms with Gasteiger partial charge in [0.1, 0.15) is 11.4 Å². The zero-order valence-corrected chi connectivity index (χ0v) is 7.81. The summed E-state index contributed by atoms with van der Waals surface area (Å²) in [6.45, 7) is 1.84. The average molecular weight is 186 g/mol. The van der Waals surface area contributed by atoms with Gasteiger partial charge in [-0.3, -0.25) is 9.97 Å². The third-order valence-corrected chi connectivity index (χ3v) is 2.03.